The van der Waals surface area contributed by atoms with Crippen molar-refractivity contribution < 1.29 is 14.1 Å². The fourth-order valence-corrected chi connectivity index (χ4v) is 3.00. The van der Waals surface area contributed by atoms with E-state index in [1.54, 1.807) is 36.0 Å². The van der Waals surface area contributed by atoms with E-state index in [-0.39, 0.29) is 5.69 Å². The number of nitro benzene ring substituents is 1. The van der Waals surface area contributed by atoms with E-state index < -0.39 is 10.8 Å². The number of carbonyl (C=O) groups excluding carboxylic acids is 1. The van der Waals surface area contributed by atoms with Crippen molar-refractivity contribution in [1.82, 2.24) is 15.2 Å². The van der Waals surface area contributed by atoms with Crippen molar-refractivity contribution in [1.29, 1.82) is 0 Å². The molecule has 9 heteroatoms. The van der Waals surface area contributed by atoms with Crippen LogP contribution in [0.5, 0.6) is 0 Å². The first-order valence-electron chi connectivity index (χ1n) is 9.30. The number of hydrogen-bond acceptors (Lipinski definition) is 6. The van der Waals surface area contributed by atoms with Gasteiger partial charge in [-0.2, -0.15) is 10.2 Å². The average molecular weight is 415 g/mol. The maximum atomic E-state index is 12.2. The molecule has 0 radical (unpaired) electrons. The van der Waals surface area contributed by atoms with Crippen LogP contribution in [-0.4, -0.2) is 26.8 Å². The Hall–Kier alpha value is -4.53. The molecule has 0 unspecified atom stereocenters. The van der Waals surface area contributed by atoms with Gasteiger partial charge in [-0.15, -0.1) is 0 Å². The second-order valence-corrected chi connectivity index (χ2v) is 6.61. The van der Waals surface area contributed by atoms with Crippen LogP contribution in [0.1, 0.15) is 21.7 Å². The molecule has 1 amide bonds. The van der Waals surface area contributed by atoms with Crippen LogP contribution in [0.4, 0.5) is 5.69 Å². The summed E-state index contributed by atoms with van der Waals surface area (Å²) in [4.78, 5) is 22.7. The normalized spacial score (nSPS) is 11.0. The zero-order valence-corrected chi connectivity index (χ0v) is 16.4. The quantitative estimate of drug-likeness (QED) is 0.289. The summed E-state index contributed by atoms with van der Waals surface area (Å²) in [5, 5.41) is 19.6. The SMILES string of the molecule is Cc1occc1C(=O)N/N=C\c1cn(-c2ccccc2)nc1-c1ccc([N+](=O)[O-])cc1. The third kappa shape index (κ3) is 4.25. The van der Waals surface area contributed by atoms with Crippen molar-refractivity contribution in [2.45, 2.75) is 6.92 Å². The Kier molecular flexibility index (Phi) is 5.39. The molecule has 0 aliphatic rings. The Morgan fingerprint density at radius 1 is 1.16 bits per heavy atom. The molecule has 0 spiro atoms. The predicted molar refractivity (Wildman–Crippen MR) is 114 cm³/mol. The van der Waals surface area contributed by atoms with Crippen LogP contribution in [0.25, 0.3) is 16.9 Å². The second kappa shape index (κ2) is 8.46. The molecule has 0 aliphatic carbocycles. The fraction of sp³-hybridized carbons (Fsp3) is 0.0455. The Morgan fingerprint density at radius 3 is 2.55 bits per heavy atom. The van der Waals surface area contributed by atoms with E-state index in [1.807, 2.05) is 30.3 Å². The van der Waals surface area contributed by atoms with Crippen molar-refractivity contribution in [3.63, 3.8) is 0 Å². The van der Waals surface area contributed by atoms with Gasteiger partial charge < -0.3 is 4.42 Å². The molecule has 0 saturated heterocycles. The molecule has 4 rings (SSSR count). The minimum absolute atomic E-state index is 0.01000. The number of nitrogens with zero attached hydrogens (tertiary/aromatic N) is 4. The number of aromatic nitrogens is 2. The van der Waals surface area contributed by atoms with E-state index in [9.17, 15) is 14.9 Å². The first-order chi connectivity index (χ1) is 15.0. The summed E-state index contributed by atoms with van der Waals surface area (Å²) < 4.78 is 6.81. The van der Waals surface area contributed by atoms with Gasteiger partial charge in [0, 0.05) is 29.5 Å². The van der Waals surface area contributed by atoms with Gasteiger partial charge in [0.1, 0.15) is 11.5 Å². The van der Waals surface area contributed by atoms with Gasteiger partial charge in [-0.25, -0.2) is 10.1 Å². The van der Waals surface area contributed by atoms with E-state index in [2.05, 4.69) is 15.6 Å². The van der Waals surface area contributed by atoms with Gasteiger partial charge >= 0.3 is 0 Å². The Morgan fingerprint density at radius 2 is 1.90 bits per heavy atom. The zero-order chi connectivity index (χ0) is 21.8. The molecule has 0 aliphatic heterocycles. The van der Waals surface area contributed by atoms with E-state index in [4.69, 9.17) is 4.42 Å². The lowest BCUT2D eigenvalue weighted by molar-refractivity contribution is -0.384. The van der Waals surface area contributed by atoms with Crippen LogP contribution >= 0.6 is 0 Å². The van der Waals surface area contributed by atoms with Crippen molar-refractivity contribution in [3.8, 4) is 16.9 Å². The first kappa shape index (κ1) is 19.8. The van der Waals surface area contributed by atoms with E-state index in [0.717, 1.165) is 5.69 Å². The molecule has 154 valence electrons. The van der Waals surface area contributed by atoms with Crippen LogP contribution in [-0.2, 0) is 0 Å². The number of amides is 1. The van der Waals surface area contributed by atoms with Crippen LogP contribution < -0.4 is 5.43 Å². The Labute approximate surface area is 176 Å². The maximum absolute atomic E-state index is 12.2. The number of aryl methyl sites for hydroxylation is 1. The minimum atomic E-state index is -0.456. The lowest BCUT2D eigenvalue weighted by Gasteiger charge is -2.00. The largest absolute Gasteiger partial charge is 0.469 e. The number of benzene rings is 2. The Balaban J connectivity index is 1.66. The molecule has 0 atom stereocenters. The standard InChI is InChI=1S/C22H17N5O4/c1-15-20(11-12-31-15)22(28)24-23-13-17-14-26(18-5-3-2-4-6-18)25-21(17)16-7-9-19(10-8-16)27(29)30/h2-14H,1H3,(H,24,28)/b23-13-. The molecule has 9 nitrogen and oxygen atoms in total. The smallest absolute Gasteiger partial charge is 0.274 e. The molecular formula is C22H17N5O4. The predicted octanol–water partition coefficient (Wildman–Crippen LogP) is 4.11. The van der Waals surface area contributed by atoms with Gasteiger partial charge in [-0.3, -0.25) is 14.9 Å². The summed E-state index contributed by atoms with van der Waals surface area (Å²) in [6.07, 6.45) is 4.69. The number of non-ortho nitro benzene ring substituents is 1. The fourth-order valence-electron chi connectivity index (χ4n) is 3.00. The zero-order valence-electron chi connectivity index (χ0n) is 16.4. The molecule has 4 aromatic rings. The van der Waals surface area contributed by atoms with Crippen molar-refractivity contribution in [3.05, 3.63) is 100 Å². The molecule has 2 aromatic heterocycles. The third-order valence-corrected chi connectivity index (χ3v) is 4.59. The minimum Gasteiger partial charge on any atom is -0.469 e. The maximum Gasteiger partial charge on any atom is 0.274 e. The molecule has 0 bridgehead atoms. The summed E-state index contributed by atoms with van der Waals surface area (Å²) in [7, 11) is 0. The number of para-hydroxylation sites is 1. The lowest BCUT2D eigenvalue weighted by Crippen LogP contribution is -2.17. The average Bonchev–Trinajstić information content (AvgIpc) is 3.41. The van der Waals surface area contributed by atoms with E-state index in [0.29, 0.717) is 28.1 Å². The van der Waals surface area contributed by atoms with Crippen LogP contribution in [0, 0.1) is 17.0 Å². The molecule has 2 aromatic carbocycles. The second-order valence-electron chi connectivity index (χ2n) is 6.61. The summed E-state index contributed by atoms with van der Waals surface area (Å²) in [6, 6.07) is 17.1. The van der Waals surface area contributed by atoms with Crippen LogP contribution in [0.3, 0.4) is 0 Å². The number of furan rings is 1. The van der Waals surface area contributed by atoms with Crippen LogP contribution in [0.15, 0.2) is 82.6 Å². The lowest BCUT2D eigenvalue weighted by atomic mass is 10.1. The highest BCUT2D eigenvalue weighted by Crippen LogP contribution is 2.25. The molecular weight excluding hydrogens is 398 g/mol. The molecule has 0 saturated carbocycles. The van der Waals surface area contributed by atoms with Crippen LogP contribution in [0.2, 0.25) is 0 Å². The number of nitro groups is 1. The number of hydrogen-bond donors (Lipinski definition) is 1. The van der Waals surface area contributed by atoms with Crippen molar-refractivity contribution in [2.24, 2.45) is 5.10 Å². The van der Waals surface area contributed by atoms with Gasteiger partial charge in [0.25, 0.3) is 11.6 Å². The highest BCUT2D eigenvalue weighted by molar-refractivity contribution is 5.96. The summed E-state index contributed by atoms with van der Waals surface area (Å²) in [5.41, 5.74) is 5.56. The first-order valence-corrected chi connectivity index (χ1v) is 9.30. The van der Waals surface area contributed by atoms with Gasteiger partial charge in [-0.05, 0) is 37.3 Å². The monoisotopic (exact) mass is 415 g/mol. The molecule has 0 fully saturated rings. The number of hydrazone groups is 1. The summed E-state index contributed by atoms with van der Waals surface area (Å²) >= 11 is 0. The van der Waals surface area contributed by atoms with E-state index in [1.165, 1.54) is 24.6 Å². The van der Waals surface area contributed by atoms with Gasteiger partial charge in [-0.1, -0.05) is 18.2 Å². The van der Waals surface area contributed by atoms with Crippen molar-refractivity contribution >= 4 is 17.8 Å². The highest BCUT2D eigenvalue weighted by Gasteiger charge is 2.14. The number of nitrogens with one attached hydrogen (secondary N) is 1. The molecule has 31 heavy (non-hydrogen) atoms. The van der Waals surface area contributed by atoms with Gasteiger partial charge in [0.05, 0.1) is 28.7 Å². The molecule has 2 heterocycles. The molecule has 1 N–H and O–H groups in total. The van der Waals surface area contributed by atoms with Gasteiger partial charge in [0.2, 0.25) is 0 Å². The highest BCUT2D eigenvalue weighted by atomic mass is 16.6. The summed E-state index contributed by atoms with van der Waals surface area (Å²) in [6.45, 7) is 1.69. The number of carbonyl (C=O) groups is 1. The van der Waals surface area contributed by atoms with Crippen molar-refractivity contribution in [2.75, 3.05) is 0 Å². The topological polar surface area (TPSA) is 116 Å². The van der Waals surface area contributed by atoms with E-state index >= 15 is 0 Å². The van der Waals surface area contributed by atoms with Gasteiger partial charge in [0.15, 0.2) is 0 Å². The summed E-state index contributed by atoms with van der Waals surface area (Å²) in [5.74, 6) is 0.103. The Bertz CT molecular complexity index is 1260. The third-order valence-electron chi connectivity index (χ3n) is 4.59. The number of rotatable bonds is 6.